The molecule has 0 radical (unpaired) electrons. The average Bonchev–Trinajstić information content (AvgIpc) is 3.52. The lowest BCUT2D eigenvalue weighted by Gasteiger charge is -2.21. The molecule has 188 valence electrons. The van der Waals surface area contributed by atoms with Crippen molar-refractivity contribution in [1.29, 1.82) is 0 Å². The summed E-state index contributed by atoms with van der Waals surface area (Å²) < 4.78 is 31.6. The maximum atomic E-state index is 13.4. The lowest BCUT2D eigenvalue weighted by molar-refractivity contribution is -0.118. The van der Waals surface area contributed by atoms with Crippen molar-refractivity contribution in [3.05, 3.63) is 42.0 Å². The van der Waals surface area contributed by atoms with Crippen LogP contribution in [0.3, 0.4) is 0 Å². The number of hydroxylamine groups is 1. The predicted molar refractivity (Wildman–Crippen MR) is 135 cm³/mol. The van der Waals surface area contributed by atoms with Crippen LogP contribution in [-0.4, -0.2) is 49.5 Å². The fourth-order valence-electron chi connectivity index (χ4n) is 4.52. The van der Waals surface area contributed by atoms with Gasteiger partial charge in [0, 0.05) is 12.6 Å². The van der Waals surface area contributed by atoms with E-state index in [0.717, 1.165) is 22.9 Å². The lowest BCUT2D eigenvalue weighted by atomic mass is 9.87. The molecule has 1 amide bonds. The molecule has 0 saturated heterocycles. The van der Waals surface area contributed by atoms with Gasteiger partial charge in [0.05, 0.1) is 25.0 Å². The quantitative estimate of drug-likeness (QED) is 0.391. The first kappa shape index (κ1) is 25.5. The molecule has 0 aliphatic heterocycles. The molecule has 1 atom stereocenters. The molecule has 0 spiro atoms. The van der Waals surface area contributed by atoms with Crippen LogP contribution in [0.2, 0.25) is 0 Å². The van der Waals surface area contributed by atoms with E-state index in [1.165, 1.54) is 43.4 Å². The van der Waals surface area contributed by atoms with E-state index in [1.54, 1.807) is 32.2 Å². The number of carbonyl (C=O) groups excluding carboxylic acids is 1. The fraction of sp³-hybridized carbons (Fsp3) is 0.458. The number of thiazole rings is 1. The Morgan fingerprint density at radius 3 is 2.49 bits per heavy atom. The summed E-state index contributed by atoms with van der Waals surface area (Å²) in [5.74, 6) is 0.363. The van der Waals surface area contributed by atoms with Crippen molar-refractivity contribution >= 4 is 42.7 Å². The van der Waals surface area contributed by atoms with Crippen LogP contribution in [0.15, 0.2) is 41.3 Å². The van der Waals surface area contributed by atoms with Gasteiger partial charge in [-0.05, 0) is 43.0 Å². The SMILES string of the molecule is CCN(OC)S(=O)(=O)c1ccc(C(CC2CCCC2)C(=O)Nc2nc3ccc(OC)nc3s2)cc1. The largest absolute Gasteiger partial charge is 0.481 e. The van der Waals surface area contributed by atoms with Crippen LogP contribution in [0, 0.1) is 5.92 Å². The molecule has 1 aliphatic carbocycles. The average molecular weight is 519 g/mol. The second-order valence-corrected chi connectivity index (χ2v) is 11.3. The summed E-state index contributed by atoms with van der Waals surface area (Å²) in [5.41, 5.74) is 1.46. The number of nitrogens with zero attached hydrogens (tertiary/aromatic N) is 3. The number of anilines is 1. The Balaban J connectivity index is 1.58. The molecule has 1 aromatic carbocycles. The van der Waals surface area contributed by atoms with Crippen molar-refractivity contribution in [2.75, 3.05) is 26.1 Å². The van der Waals surface area contributed by atoms with Gasteiger partial charge in [-0.1, -0.05) is 53.6 Å². The zero-order valence-electron chi connectivity index (χ0n) is 20.1. The number of sulfonamides is 1. The van der Waals surface area contributed by atoms with Crippen molar-refractivity contribution in [2.45, 2.75) is 49.8 Å². The number of hydrogen-bond acceptors (Lipinski definition) is 8. The molecule has 3 aromatic rings. The van der Waals surface area contributed by atoms with Crippen LogP contribution >= 0.6 is 11.3 Å². The highest BCUT2D eigenvalue weighted by atomic mass is 32.2. The number of benzene rings is 1. The van der Waals surface area contributed by atoms with Crippen molar-refractivity contribution in [2.24, 2.45) is 5.92 Å². The summed E-state index contributed by atoms with van der Waals surface area (Å²) in [4.78, 5) is 28.1. The molecule has 0 bridgehead atoms. The van der Waals surface area contributed by atoms with E-state index in [-0.39, 0.29) is 17.3 Å². The van der Waals surface area contributed by atoms with Gasteiger partial charge in [-0.15, -0.1) is 0 Å². The van der Waals surface area contributed by atoms with Gasteiger partial charge in [0.2, 0.25) is 11.8 Å². The molecule has 1 saturated carbocycles. The summed E-state index contributed by atoms with van der Waals surface area (Å²) in [6.07, 6.45) is 5.24. The van der Waals surface area contributed by atoms with E-state index in [2.05, 4.69) is 15.3 Å². The van der Waals surface area contributed by atoms with Crippen molar-refractivity contribution < 1.29 is 22.8 Å². The maximum absolute atomic E-state index is 13.4. The highest BCUT2D eigenvalue weighted by molar-refractivity contribution is 7.89. The Hall–Kier alpha value is -2.60. The van der Waals surface area contributed by atoms with Gasteiger partial charge in [0.1, 0.15) is 10.3 Å². The maximum Gasteiger partial charge on any atom is 0.264 e. The van der Waals surface area contributed by atoms with Crippen LogP contribution in [0.4, 0.5) is 5.13 Å². The fourth-order valence-corrected chi connectivity index (χ4v) is 6.60. The smallest absolute Gasteiger partial charge is 0.264 e. The third-order valence-corrected chi connectivity index (χ3v) is 9.03. The molecule has 1 N–H and O–H groups in total. The second kappa shape index (κ2) is 11.0. The molecule has 9 nitrogen and oxygen atoms in total. The third kappa shape index (κ3) is 5.64. The van der Waals surface area contributed by atoms with E-state index in [0.29, 0.717) is 33.7 Å². The minimum Gasteiger partial charge on any atom is -0.481 e. The normalized spacial score (nSPS) is 15.5. The monoisotopic (exact) mass is 518 g/mol. The molecule has 1 aliphatic rings. The van der Waals surface area contributed by atoms with Crippen LogP contribution in [-0.2, 0) is 19.7 Å². The number of methoxy groups -OCH3 is 1. The number of fused-ring (bicyclic) bond motifs is 1. The second-order valence-electron chi connectivity index (χ2n) is 8.50. The highest BCUT2D eigenvalue weighted by Gasteiger charge is 2.29. The molecule has 1 fully saturated rings. The van der Waals surface area contributed by atoms with Gasteiger partial charge in [0.15, 0.2) is 5.13 Å². The zero-order chi connectivity index (χ0) is 25.0. The van der Waals surface area contributed by atoms with Gasteiger partial charge >= 0.3 is 0 Å². The van der Waals surface area contributed by atoms with Crippen LogP contribution in [0.1, 0.15) is 50.5 Å². The van der Waals surface area contributed by atoms with Gasteiger partial charge in [-0.25, -0.2) is 18.4 Å². The van der Waals surface area contributed by atoms with Gasteiger partial charge in [-0.2, -0.15) is 0 Å². The Bertz CT molecular complexity index is 1270. The number of hydrogen-bond donors (Lipinski definition) is 1. The highest BCUT2D eigenvalue weighted by Crippen LogP contribution is 2.36. The van der Waals surface area contributed by atoms with E-state index in [9.17, 15) is 13.2 Å². The summed E-state index contributed by atoms with van der Waals surface area (Å²) >= 11 is 1.29. The Labute approximate surface area is 209 Å². The van der Waals surface area contributed by atoms with Crippen molar-refractivity contribution in [3.8, 4) is 5.88 Å². The lowest BCUT2D eigenvalue weighted by Crippen LogP contribution is -2.29. The van der Waals surface area contributed by atoms with Gasteiger partial charge in [-0.3, -0.25) is 9.63 Å². The zero-order valence-corrected chi connectivity index (χ0v) is 21.7. The summed E-state index contributed by atoms with van der Waals surface area (Å²) in [6.45, 7) is 1.89. The molecule has 2 aromatic heterocycles. The third-order valence-electron chi connectivity index (χ3n) is 6.34. The minimum atomic E-state index is -3.77. The van der Waals surface area contributed by atoms with Crippen LogP contribution < -0.4 is 10.1 Å². The van der Waals surface area contributed by atoms with Crippen LogP contribution in [0.5, 0.6) is 5.88 Å². The number of nitrogens with one attached hydrogen (secondary N) is 1. The molecular formula is C24H30N4O5S2. The predicted octanol–water partition coefficient (Wildman–Crippen LogP) is 4.57. The first-order valence-corrected chi connectivity index (χ1v) is 13.9. The van der Waals surface area contributed by atoms with E-state index in [1.807, 2.05) is 6.07 Å². The van der Waals surface area contributed by atoms with Gasteiger partial charge < -0.3 is 10.1 Å². The number of aromatic nitrogens is 2. The van der Waals surface area contributed by atoms with Gasteiger partial charge in [0.25, 0.3) is 10.0 Å². The first-order chi connectivity index (χ1) is 16.8. The summed E-state index contributed by atoms with van der Waals surface area (Å²) in [6, 6.07) is 10.1. The molecule has 2 heterocycles. The minimum absolute atomic E-state index is 0.121. The molecule has 11 heteroatoms. The summed E-state index contributed by atoms with van der Waals surface area (Å²) in [5, 5.41) is 3.44. The molecule has 1 unspecified atom stereocenters. The Morgan fingerprint density at radius 2 is 1.86 bits per heavy atom. The first-order valence-electron chi connectivity index (χ1n) is 11.6. The standard InChI is InChI=1S/C24H30N4O5S2/c1-4-28(33-3)35(30,31)18-11-9-17(10-12-18)19(15-16-7-5-6-8-16)22(29)27-24-25-20-13-14-21(32-2)26-23(20)34-24/h9-14,16,19H,4-8,15H2,1-3H3,(H,25,27,29). The van der Waals surface area contributed by atoms with Crippen LogP contribution in [0.25, 0.3) is 10.3 Å². The number of ether oxygens (including phenoxy) is 1. The number of rotatable bonds is 10. The van der Waals surface area contributed by atoms with E-state index >= 15 is 0 Å². The number of amides is 1. The van der Waals surface area contributed by atoms with Crippen molar-refractivity contribution in [1.82, 2.24) is 14.4 Å². The van der Waals surface area contributed by atoms with E-state index < -0.39 is 15.9 Å². The number of carbonyl (C=O) groups is 1. The Morgan fingerprint density at radius 1 is 1.14 bits per heavy atom. The Kier molecular flexibility index (Phi) is 8.00. The summed E-state index contributed by atoms with van der Waals surface area (Å²) in [7, 11) is -0.893. The van der Waals surface area contributed by atoms with E-state index in [4.69, 9.17) is 9.57 Å². The van der Waals surface area contributed by atoms with Crippen molar-refractivity contribution in [3.63, 3.8) is 0 Å². The molecular weight excluding hydrogens is 488 g/mol. The molecule has 35 heavy (non-hydrogen) atoms. The number of pyridine rings is 1. The molecule has 4 rings (SSSR count). The topological polar surface area (TPSA) is 111 Å².